The van der Waals surface area contributed by atoms with Gasteiger partial charge in [-0.15, -0.1) is 0 Å². The third-order valence-electron chi connectivity index (χ3n) is 4.90. The van der Waals surface area contributed by atoms with E-state index in [4.69, 9.17) is 9.47 Å². The Morgan fingerprint density at radius 1 is 0.931 bits per heavy atom. The molecule has 0 bridgehead atoms. The quantitative estimate of drug-likeness (QED) is 0.556. The number of rotatable bonds is 10. The van der Waals surface area contributed by atoms with Crippen LogP contribution in [0.5, 0.6) is 11.5 Å². The molecule has 29 heavy (non-hydrogen) atoms. The number of nitrogens with zero attached hydrogens (tertiary/aromatic N) is 1. The Bertz CT molecular complexity index is 962. The number of hydrogen-bond donors (Lipinski definition) is 1. The Labute approximate surface area is 172 Å². The van der Waals surface area contributed by atoms with Crippen LogP contribution in [0, 0.1) is 0 Å². The molecule has 0 atom stereocenters. The first-order valence-electron chi connectivity index (χ1n) is 10.4. The van der Waals surface area contributed by atoms with Crippen LogP contribution in [0.4, 0.5) is 0 Å². The normalized spacial score (nSPS) is 10.9. The molecule has 1 amide bonds. The van der Waals surface area contributed by atoms with Gasteiger partial charge in [0.15, 0.2) is 11.5 Å². The summed E-state index contributed by atoms with van der Waals surface area (Å²) in [6.45, 7) is 8.15. The molecule has 0 aliphatic carbocycles. The number of aryl methyl sites for hydroxylation is 1. The maximum absolute atomic E-state index is 12.4. The summed E-state index contributed by atoms with van der Waals surface area (Å²) in [6, 6.07) is 14.4. The summed E-state index contributed by atoms with van der Waals surface area (Å²) in [5.41, 5.74) is 3.50. The fourth-order valence-electron chi connectivity index (χ4n) is 3.42. The zero-order valence-electron chi connectivity index (χ0n) is 17.5. The van der Waals surface area contributed by atoms with Crippen LogP contribution in [-0.4, -0.2) is 30.2 Å². The van der Waals surface area contributed by atoms with Crippen molar-refractivity contribution < 1.29 is 14.3 Å². The van der Waals surface area contributed by atoms with Gasteiger partial charge in [-0.05, 0) is 73.5 Å². The molecule has 0 saturated carbocycles. The molecule has 5 nitrogen and oxygen atoms in total. The zero-order chi connectivity index (χ0) is 20.6. The molecular formula is C24H30N2O3. The molecule has 1 N–H and O–H groups in total. The standard InChI is InChI=1S/C24H30N2O3/c1-4-18-7-9-21-20(15-18)12-14-26(21)17-24(27)25-13-11-19-8-10-22(28-5-2)23(16-19)29-6-3/h7-10,12,14-16H,4-6,11,13,17H2,1-3H3,(H,25,27). The van der Waals surface area contributed by atoms with E-state index in [2.05, 4.69) is 36.5 Å². The maximum atomic E-state index is 12.4. The van der Waals surface area contributed by atoms with E-state index in [-0.39, 0.29) is 5.91 Å². The van der Waals surface area contributed by atoms with Crippen LogP contribution in [0.1, 0.15) is 31.9 Å². The van der Waals surface area contributed by atoms with E-state index < -0.39 is 0 Å². The molecule has 0 aliphatic heterocycles. The van der Waals surface area contributed by atoms with Crippen molar-refractivity contribution in [2.24, 2.45) is 0 Å². The highest BCUT2D eigenvalue weighted by Crippen LogP contribution is 2.28. The van der Waals surface area contributed by atoms with E-state index in [0.29, 0.717) is 26.3 Å². The smallest absolute Gasteiger partial charge is 0.239 e. The molecule has 3 rings (SSSR count). The zero-order valence-corrected chi connectivity index (χ0v) is 17.5. The van der Waals surface area contributed by atoms with Crippen molar-refractivity contribution in [3.63, 3.8) is 0 Å². The van der Waals surface area contributed by atoms with Gasteiger partial charge in [0, 0.05) is 18.3 Å². The minimum absolute atomic E-state index is 0.0121. The Hall–Kier alpha value is -2.95. The maximum Gasteiger partial charge on any atom is 0.239 e. The molecule has 0 aliphatic rings. The van der Waals surface area contributed by atoms with Crippen LogP contribution in [0.2, 0.25) is 0 Å². The van der Waals surface area contributed by atoms with Crippen LogP contribution in [0.25, 0.3) is 10.9 Å². The average molecular weight is 395 g/mol. The first kappa shape index (κ1) is 20.8. The summed E-state index contributed by atoms with van der Waals surface area (Å²) in [7, 11) is 0. The average Bonchev–Trinajstić information content (AvgIpc) is 3.12. The number of fused-ring (bicyclic) bond motifs is 1. The second-order valence-electron chi connectivity index (χ2n) is 6.94. The molecule has 3 aromatic rings. The molecule has 0 unspecified atom stereocenters. The predicted molar refractivity (Wildman–Crippen MR) is 117 cm³/mol. The molecule has 1 heterocycles. The topological polar surface area (TPSA) is 52.5 Å². The fraction of sp³-hybridized carbons (Fsp3) is 0.375. The largest absolute Gasteiger partial charge is 0.490 e. The van der Waals surface area contributed by atoms with Crippen LogP contribution < -0.4 is 14.8 Å². The van der Waals surface area contributed by atoms with Crippen molar-refractivity contribution in [3.8, 4) is 11.5 Å². The summed E-state index contributed by atoms with van der Waals surface area (Å²) >= 11 is 0. The highest BCUT2D eigenvalue weighted by atomic mass is 16.5. The van der Waals surface area contributed by atoms with E-state index in [0.717, 1.165) is 35.4 Å². The first-order chi connectivity index (χ1) is 14.1. The van der Waals surface area contributed by atoms with Crippen molar-refractivity contribution >= 4 is 16.8 Å². The lowest BCUT2D eigenvalue weighted by Gasteiger charge is -2.13. The molecule has 1 aromatic heterocycles. The predicted octanol–water partition coefficient (Wildman–Crippen LogP) is 4.36. The van der Waals surface area contributed by atoms with E-state index in [9.17, 15) is 4.79 Å². The van der Waals surface area contributed by atoms with E-state index in [1.165, 1.54) is 10.9 Å². The number of carbonyl (C=O) groups is 1. The third kappa shape index (κ3) is 5.31. The SMILES string of the molecule is CCOc1ccc(CCNC(=O)Cn2ccc3cc(CC)ccc32)cc1OCC. The van der Waals surface area contributed by atoms with Gasteiger partial charge < -0.3 is 19.4 Å². The molecule has 2 aromatic carbocycles. The van der Waals surface area contributed by atoms with Gasteiger partial charge in [-0.3, -0.25) is 4.79 Å². The number of amides is 1. The third-order valence-corrected chi connectivity index (χ3v) is 4.90. The van der Waals surface area contributed by atoms with Crippen LogP contribution in [-0.2, 0) is 24.2 Å². The van der Waals surface area contributed by atoms with Crippen LogP contribution in [0.15, 0.2) is 48.7 Å². The minimum Gasteiger partial charge on any atom is -0.490 e. The Morgan fingerprint density at radius 3 is 2.45 bits per heavy atom. The lowest BCUT2D eigenvalue weighted by atomic mass is 10.1. The highest BCUT2D eigenvalue weighted by Gasteiger charge is 2.09. The van der Waals surface area contributed by atoms with Crippen molar-refractivity contribution in [3.05, 3.63) is 59.8 Å². The van der Waals surface area contributed by atoms with E-state index >= 15 is 0 Å². The summed E-state index contributed by atoms with van der Waals surface area (Å²) in [5, 5.41) is 4.19. The molecule has 154 valence electrons. The summed E-state index contributed by atoms with van der Waals surface area (Å²) in [4.78, 5) is 12.4. The monoisotopic (exact) mass is 394 g/mol. The van der Waals surface area contributed by atoms with Gasteiger partial charge in [0.25, 0.3) is 0 Å². The fourth-order valence-corrected chi connectivity index (χ4v) is 3.42. The molecule has 5 heteroatoms. The van der Waals surface area contributed by atoms with Gasteiger partial charge >= 0.3 is 0 Å². The number of aromatic nitrogens is 1. The van der Waals surface area contributed by atoms with E-state index in [1.54, 1.807) is 0 Å². The van der Waals surface area contributed by atoms with Gasteiger partial charge in [0.2, 0.25) is 5.91 Å². The molecule has 0 fully saturated rings. The van der Waals surface area contributed by atoms with Gasteiger partial charge in [0.1, 0.15) is 6.54 Å². The number of nitrogens with one attached hydrogen (secondary N) is 1. The minimum atomic E-state index is 0.0121. The van der Waals surface area contributed by atoms with Crippen molar-refractivity contribution in [2.75, 3.05) is 19.8 Å². The van der Waals surface area contributed by atoms with Crippen molar-refractivity contribution in [1.82, 2.24) is 9.88 Å². The van der Waals surface area contributed by atoms with Gasteiger partial charge in [-0.2, -0.15) is 0 Å². The number of hydrogen-bond acceptors (Lipinski definition) is 3. The number of ether oxygens (including phenoxy) is 2. The summed E-state index contributed by atoms with van der Waals surface area (Å²) < 4.78 is 13.3. The summed E-state index contributed by atoms with van der Waals surface area (Å²) in [5.74, 6) is 1.52. The number of carbonyl (C=O) groups excluding carboxylic acids is 1. The molecule has 0 radical (unpaired) electrons. The van der Waals surface area contributed by atoms with Crippen molar-refractivity contribution in [1.29, 1.82) is 0 Å². The van der Waals surface area contributed by atoms with E-state index in [1.807, 2.05) is 42.8 Å². The molecular weight excluding hydrogens is 364 g/mol. The molecule has 0 saturated heterocycles. The second kappa shape index (κ2) is 10.0. The van der Waals surface area contributed by atoms with Gasteiger partial charge in [0.05, 0.1) is 13.2 Å². The van der Waals surface area contributed by atoms with Gasteiger partial charge in [-0.1, -0.05) is 19.1 Å². The van der Waals surface area contributed by atoms with Gasteiger partial charge in [-0.25, -0.2) is 0 Å². The second-order valence-corrected chi connectivity index (χ2v) is 6.94. The lowest BCUT2D eigenvalue weighted by Crippen LogP contribution is -2.29. The first-order valence-corrected chi connectivity index (χ1v) is 10.4. The Kier molecular flexibility index (Phi) is 7.17. The van der Waals surface area contributed by atoms with Crippen LogP contribution in [0.3, 0.4) is 0 Å². The number of benzene rings is 2. The summed E-state index contributed by atoms with van der Waals surface area (Å²) in [6.07, 6.45) is 3.73. The Morgan fingerprint density at radius 2 is 1.69 bits per heavy atom. The highest BCUT2D eigenvalue weighted by molar-refractivity contribution is 5.83. The van der Waals surface area contributed by atoms with Crippen LogP contribution >= 0.6 is 0 Å². The lowest BCUT2D eigenvalue weighted by molar-refractivity contribution is -0.121. The molecule has 0 spiro atoms. The van der Waals surface area contributed by atoms with Crippen molar-refractivity contribution in [2.45, 2.75) is 40.2 Å². The Balaban J connectivity index is 1.55.